The molecule has 0 radical (unpaired) electrons. The van der Waals surface area contributed by atoms with Crippen LogP contribution >= 0.6 is 0 Å². The molecule has 8 heteroatoms. The van der Waals surface area contributed by atoms with Gasteiger partial charge in [-0.3, -0.25) is 15.0 Å². The van der Waals surface area contributed by atoms with E-state index in [1.165, 1.54) is 30.3 Å². The van der Waals surface area contributed by atoms with E-state index in [9.17, 15) is 18.4 Å². The van der Waals surface area contributed by atoms with Gasteiger partial charge in [0.25, 0.3) is 11.5 Å². The Morgan fingerprint density at radius 2 is 1.37 bits per heavy atom. The lowest BCUT2D eigenvalue weighted by Crippen LogP contribution is -2.35. The number of rotatable bonds is 4. The molecule has 0 unspecified atom stereocenters. The summed E-state index contributed by atoms with van der Waals surface area (Å²) >= 11 is 0. The first-order chi connectivity index (χ1) is 18.5. The van der Waals surface area contributed by atoms with Gasteiger partial charge in [0.15, 0.2) is 5.82 Å². The molecule has 0 bridgehead atoms. The molecule has 38 heavy (non-hydrogen) atoms. The van der Waals surface area contributed by atoms with E-state index in [0.29, 0.717) is 27.7 Å². The lowest BCUT2D eigenvalue weighted by Gasteiger charge is -2.16. The molecule has 1 N–H and O–H groups in total. The molecular weight excluding hydrogens is 486 g/mol. The smallest absolute Gasteiger partial charge is 0.267 e. The molecule has 1 amide bonds. The molecular formula is C30H18F2N4O2. The van der Waals surface area contributed by atoms with Gasteiger partial charge in [-0.05, 0) is 60.7 Å². The standard InChI is InChI=1S/C30H18F2N4O2/c31-19-15-13-18(14-16-19)27-17-23(20-7-2-5-11-25(20)33-27)29(37)35-36-28(21-8-1-4-10-24(21)32)34-26-12-6-3-9-22(26)30(36)38/h1-17H,(H,35,37). The topological polar surface area (TPSA) is 76.9 Å². The van der Waals surface area contributed by atoms with Crippen molar-refractivity contribution in [2.45, 2.75) is 0 Å². The lowest BCUT2D eigenvalue weighted by molar-refractivity contribution is 0.101. The van der Waals surface area contributed by atoms with Crippen molar-refractivity contribution in [2.24, 2.45) is 0 Å². The van der Waals surface area contributed by atoms with Crippen LogP contribution in [0.15, 0.2) is 108 Å². The fourth-order valence-electron chi connectivity index (χ4n) is 4.35. The van der Waals surface area contributed by atoms with Crippen LogP contribution in [0.25, 0.3) is 44.5 Å². The monoisotopic (exact) mass is 504 g/mol. The molecule has 2 heterocycles. The Kier molecular flexibility index (Phi) is 5.69. The third-order valence-electron chi connectivity index (χ3n) is 6.20. The number of fused-ring (bicyclic) bond motifs is 2. The summed E-state index contributed by atoms with van der Waals surface area (Å²) in [5.41, 5.74) is 4.35. The summed E-state index contributed by atoms with van der Waals surface area (Å²) in [6.07, 6.45) is 0. The van der Waals surface area contributed by atoms with Crippen molar-refractivity contribution >= 4 is 27.7 Å². The second-order valence-electron chi connectivity index (χ2n) is 8.59. The van der Waals surface area contributed by atoms with Crippen LogP contribution in [0.4, 0.5) is 8.78 Å². The Hall–Kier alpha value is -5.24. The van der Waals surface area contributed by atoms with Gasteiger partial charge < -0.3 is 0 Å². The molecule has 6 rings (SSSR count). The fraction of sp³-hybridized carbons (Fsp3) is 0. The second kappa shape index (κ2) is 9.33. The van der Waals surface area contributed by atoms with Crippen molar-refractivity contribution < 1.29 is 13.6 Å². The molecule has 0 aliphatic carbocycles. The van der Waals surface area contributed by atoms with Crippen LogP contribution in [-0.2, 0) is 0 Å². The number of halogens is 2. The quantitative estimate of drug-likeness (QED) is 0.322. The predicted octanol–water partition coefficient (Wildman–Crippen LogP) is 5.94. The highest BCUT2D eigenvalue weighted by molar-refractivity contribution is 6.10. The molecule has 2 aromatic heterocycles. The number of aromatic nitrogens is 3. The Labute approximate surface area is 214 Å². The van der Waals surface area contributed by atoms with E-state index in [1.807, 2.05) is 0 Å². The normalized spacial score (nSPS) is 11.1. The van der Waals surface area contributed by atoms with E-state index in [4.69, 9.17) is 0 Å². The van der Waals surface area contributed by atoms with Crippen LogP contribution in [0.3, 0.4) is 0 Å². The number of carbonyl (C=O) groups excluding carboxylic acids is 1. The fourth-order valence-corrected chi connectivity index (χ4v) is 4.35. The van der Waals surface area contributed by atoms with Crippen molar-refractivity contribution in [3.05, 3.63) is 131 Å². The molecule has 6 aromatic rings. The number of hydrogen-bond donors (Lipinski definition) is 1. The van der Waals surface area contributed by atoms with Crippen molar-refractivity contribution in [1.29, 1.82) is 0 Å². The number of nitrogens with zero attached hydrogens (tertiary/aromatic N) is 3. The number of pyridine rings is 1. The van der Waals surface area contributed by atoms with Gasteiger partial charge in [0.05, 0.1) is 33.2 Å². The van der Waals surface area contributed by atoms with Crippen LogP contribution in [0.2, 0.25) is 0 Å². The minimum absolute atomic E-state index is 0.0442. The maximum absolute atomic E-state index is 14.8. The predicted molar refractivity (Wildman–Crippen MR) is 142 cm³/mol. The summed E-state index contributed by atoms with van der Waals surface area (Å²) in [6.45, 7) is 0. The molecule has 0 aliphatic rings. The van der Waals surface area contributed by atoms with Crippen molar-refractivity contribution in [1.82, 2.24) is 14.6 Å². The van der Waals surface area contributed by atoms with Crippen LogP contribution < -0.4 is 11.0 Å². The van der Waals surface area contributed by atoms with Gasteiger partial charge in [-0.25, -0.2) is 18.7 Å². The Morgan fingerprint density at radius 1 is 0.737 bits per heavy atom. The van der Waals surface area contributed by atoms with E-state index >= 15 is 0 Å². The molecule has 0 atom stereocenters. The Balaban J connectivity index is 1.53. The summed E-state index contributed by atoms with van der Waals surface area (Å²) < 4.78 is 29.3. The first-order valence-electron chi connectivity index (χ1n) is 11.7. The zero-order valence-corrected chi connectivity index (χ0v) is 19.7. The summed E-state index contributed by atoms with van der Waals surface area (Å²) in [4.78, 5) is 36.4. The largest absolute Gasteiger partial charge is 0.280 e. The Bertz CT molecular complexity index is 1920. The van der Waals surface area contributed by atoms with E-state index in [1.54, 1.807) is 72.8 Å². The molecule has 0 aliphatic heterocycles. The first kappa shape index (κ1) is 23.2. The van der Waals surface area contributed by atoms with Gasteiger partial charge in [0, 0.05) is 10.9 Å². The number of para-hydroxylation sites is 2. The lowest BCUT2D eigenvalue weighted by atomic mass is 10.0. The zero-order chi connectivity index (χ0) is 26.2. The SMILES string of the molecule is O=C(Nn1c(-c2ccccc2F)nc2ccccc2c1=O)c1cc(-c2ccc(F)cc2)nc2ccccc12. The van der Waals surface area contributed by atoms with E-state index < -0.39 is 23.1 Å². The van der Waals surface area contributed by atoms with Crippen LogP contribution in [0.1, 0.15) is 10.4 Å². The first-order valence-corrected chi connectivity index (χ1v) is 11.7. The number of carbonyl (C=O) groups is 1. The minimum Gasteiger partial charge on any atom is -0.267 e. The number of benzene rings is 4. The highest BCUT2D eigenvalue weighted by Gasteiger charge is 2.20. The summed E-state index contributed by atoms with van der Waals surface area (Å²) in [5.74, 6) is -1.65. The second-order valence-corrected chi connectivity index (χ2v) is 8.59. The zero-order valence-electron chi connectivity index (χ0n) is 19.7. The number of hydrogen-bond acceptors (Lipinski definition) is 4. The van der Waals surface area contributed by atoms with Crippen molar-refractivity contribution in [3.63, 3.8) is 0 Å². The maximum Gasteiger partial charge on any atom is 0.280 e. The average molecular weight is 504 g/mol. The summed E-state index contributed by atoms with van der Waals surface area (Å²) in [5, 5.41) is 0.810. The van der Waals surface area contributed by atoms with Gasteiger partial charge in [-0.15, -0.1) is 0 Å². The van der Waals surface area contributed by atoms with Crippen LogP contribution in [0.5, 0.6) is 0 Å². The van der Waals surface area contributed by atoms with Gasteiger partial charge in [-0.2, -0.15) is 4.68 Å². The average Bonchev–Trinajstić information content (AvgIpc) is 2.94. The van der Waals surface area contributed by atoms with E-state index in [0.717, 1.165) is 4.68 Å². The maximum atomic E-state index is 14.8. The van der Waals surface area contributed by atoms with Crippen LogP contribution in [-0.4, -0.2) is 20.6 Å². The van der Waals surface area contributed by atoms with Gasteiger partial charge in [0.1, 0.15) is 11.6 Å². The molecule has 0 fully saturated rings. The molecule has 6 nitrogen and oxygen atoms in total. The molecule has 0 saturated carbocycles. The molecule has 4 aromatic carbocycles. The van der Waals surface area contributed by atoms with Crippen molar-refractivity contribution in [3.8, 4) is 22.6 Å². The van der Waals surface area contributed by atoms with Gasteiger partial charge in [0.2, 0.25) is 0 Å². The molecule has 0 saturated heterocycles. The molecule has 184 valence electrons. The van der Waals surface area contributed by atoms with E-state index in [-0.39, 0.29) is 22.3 Å². The summed E-state index contributed by atoms with van der Waals surface area (Å²) in [7, 11) is 0. The van der Waals surface area contributed by atoms with Crippen LogP contribution in [0, 0.1) is 11.6 Å². The third kappa shape index (κ3) is 4.08. The Morgan fingerprint density at radius 3 is 2.11 bits per heavy atom. The van der Waals surface area contributed by atoms with Gasteiger partial charge in [-0.1, -0.05) is 42.5 Å². The minimum atomic E-state index is -0.622. The molecule has 0 spiro atoms. The third-order valence-corrected chi connectivity index (χ3v) is 6.20. The number of amides is 1. The van der Waals surface area contributed by atoms with Gasteiger partial charge >= 0.3 is 0 Å². The highest BCUT2D eigenvalue weighted by Crippen LogP contribution is 2.26. The van der Waals surface area contributed by atoms with E-state index in [2.05, 4.69) is 15.4 Å². The summed E-state index contributed by atoms with van der Waals surface area (Å²) in [6, 6.07) is 27.0. The highest BCUT2D eigenvalue weighted by atomic mass is 19.1. The number of nitrogens with one attached hydrogen (secondary N) is 1. The van der Waals surface area contributed by atoms with Crippen molar-refractivity contribution in [2.75, 3.05) is 5.43 Å².